The highest BCUT2D eigenvalue weighted by atomic mass is 16.5. The molecule has 0 heterocycles. The van der Waals surface area contributed by atoms with Crippen LogP contribution in [-0.2, 0) is 6.54 Å². The number of hydrogen-bond acceptors (Lipinski definition) is 4. The molecule has 2 aromatic carbocycles. The molecule has 0 aliphatic carbocycles. The summed E-state index contributed by atoms with van der Waals surface area (Å²) in [5.74, 6) is 1.28. The molecule has 0 saturated carbocycles. The van der Waals surface area contributed by atoms with Crippen LogP contribution in [0.15, 0.2) is 48.5 Å². The van der Waals surface area contributed by atoms with Crippen molar-refractivity contribution in [3.8, 4) is 11.5 Å². The number of methoxy groups -OCH3 is 1. The highest BCUT2D eigenvalue weighted by Gasteiger charge is 2.05. The van der Waals surface area contributed by atoms with E-state index in [9.17, 15) is 0 Å². The van der Waals surface area contributed by atoms with E-state index in [1.165, 1.54) is 5.56 Å². The van der Waals surface area contributed by atoms with Gasteiger partial charge in [-0.05, 0) is 17.7 Å². The maximum atomic E-state index is 8.83. The van der Waals surface area contributed by atoms with E-state index >= 15 is 0 Å². The smallest absolute Gasteiger partial charge is 0.163 e. The van der Waals surface area contributed by atoms with Crippen LogP contribution in [0.4, 0.5) is 5.69 Å². The molecule has 2 aromatic rings. The molecule has 2 rings (SSSR count). The summed E-state index contributed by atoms with van der Waals surface area (Å²) >= 11 is 0. The van der Waals surface area contributed by atoms with Crippen LogP contribution >= 0.6 is 0 Å². The monoisotopic (exact) mass is 273 g/mol. The quantitative estimate of drug-likeness (QED) is 0.814. The fourth-order valence-electron chi connectivity index (χ4n) is 1.86. The van der Waals surface area contributed by atoms with Gasteiger partial charge in [0, 0.05) is 18.3 Å². The van der Waals surface area contributed by atoms with Crippen LogP contribution in [0.25, 0.3) is 0 Å². The fourth-order valence-corrected chi connectivity index (χ4v) is 1.86. The SMILES string of the molecule is COc1ccc(NCc2ccccc2)cc1OCCO. The van der Waals surface area contributed by atoms with Crippen molar-refractivity contribution < 1.29 is 14.6 Å². The van der Waals surface area contributed by atoms with E-state index in [4.69, 9.17) is 14.6 Å². The highest BCUT2D eigenvalue weighted by molar-refractivity contribution is 5.55. The van der Waals surface area contributed by atoms with Gasteiger partial charge < -0.3 is 19.9 Å². The maximum Gasteiger partial charge on any atom is 0.163 e. The first kappa shape index (κ1) is 14.2. The van der Waals surface area contributed by atoms with Crippen LogP contribution in [0.3, 0.4) is 0 Å². The topological polar surface area (TPSA) is 50.7 Å². The first-order valence-electron chi connectivity index (χ1n) is 6.53. The minimum Gasteiger partial charge on any atom is -0.493 e. The minimum absolute atomic E-state index is 0.0230. The van der Waals surface area contributed by atoms with E-state index < -0.39 is 0 Å². The van der Waals surface area contributed by atoms with Gasteiger partial charge in [-0.1, -0.05) is 30.3 Å². The average Bonchev–Trinajstić information content (AvgIpc) is 2.52. The Morgan fingerprint density at radius 1 is 1.05 bits per heavy atom. The Kier molecular flexibility index (Phi) is 5.26. The first-order valence-corrected chi connectivity index (χ1v) is 6.53. The Balaban J connectivity index is 2.04. The molecular formula is C16H19NO3. The van der Waals surface area contributed by atoms with Gasteiger partial charge in [0.05, 0.1) is 13.7 Å². The lowest BCUT2D eigenvalue weighted by atomic mass is 10.2. The van der Waals surface area contributed by atoms with E-state index in [1.54, 1.807) is 7.11 Å². The van der Waals surface area contributed by atoms with Crippen LogP contribution in [0.2, 0.25) is 0 Å². The summed E-state index contributed by atoms with van der Waals surface area (Å²) in [6.45, 7) is 0.968. The van der Waals surface area contributed by atoms with Crippen molar-refractivity contribution in [2.75, 3.05) is 25.6 Å². The van der Waals surface area contributed by atoms with Crippen LogP contribution in [-0.4, -0.2) is 25.4 Å². The zero-order chi connectivity index (χ0) is 14.2. The fraction of sp³-hybridized carbons (Fsp3) is 0.250. The molecule has 0 spiro atoms. The number of hydrogen-bond donors (Lipinski definition) is 2. The molecule has 106 valence electrons. The van der Waals surface area contributed by atoms with Gasteiger partial charge >= 0.3 is 0 Å². The van der Waals surface area contributed by atoms with Gasteiger partial charge in [0.25, 0.3) is 0 Å². The summed E-state index contributed by atoms with van der Waals surface area (Å²) in [4.78, 5) is 0. The summed E-state index contributed by atoms with van der Waals surface area (Å²) in [7, 11) is 1.60. The Morgan fingerprint density at radius 2 is 1.85 bits per heavy atom. The van der Waals surface area contributed by atoms with E-state index in [0.717, 1.165) is 12.2 Å². The maximum absolute atomic E-state index is 8.83. The Labute approximate surface area is 119 Å². The Hall–Kier alpha value is -2.20. The summed E-state index contributed by atoms with van der Waals surface area (Å²) in [6, 6.07) is 15.8. The standard InChI is InChI=1S/C16H19NO3/c1-19-15-8-7-14(11-16(15)20-10-9-18)17-12-13-5-3-2-4-6-13/h2-8,11,17-18H,9-10,12H2,1H3. The van der Waals surface area contributed by atoms with E-state index in [1.807, 2.05) is 36.4 Å². The Morgan fingerprint density at radius 3 is 2.55 bits per heavy atom. The zero-order valence-corrected chi connectivity index (χ0v) is 11.5. The number of nitrogens with one attached hydrogen (secondary N) is 1. The van der Waals surface area contributed by atoms with Crippen molar-refractivity contribution in [1.29, 1.82) is 0 Å². The molecule has 2 N–H and O–H groups in total. The molecule has 0 fully saturated rings. The van der Waals surface area contributed by atoms with Gasteiger partial charge in [0.15, 0.2) is 11.5 Å². The lowest BCUT2D eigenvalue weighted by molar-refractivity contribution is 0.196. The third-order valence-corrected chi connectivity index (χ3v) is 2.85. The minimum atomic E-state index is -0.0230. The predicted molar refractivity (Wildman–Crippen MR) is 79.3 cm³/mol. The third-order valence-electron chi connectivity index (χ3n) is 2.85. The molecule has 0 aromatic heterocycles. The van der Waals surface area contributed by atoms with Crippen molar-refractivity contribution in [2.45, 2.75) is 6.54 Å². The summed E-state index contributed by atoms with van der Waals surface area (Å²) in [6.07, 6.45) is 0. The molecule has 0 atom stereocenters. The molecule has 0 amide bonds. The van der Waals surface area contributed by atoms with Gasteiger partial charge in [-0.2, -0.15) is 0 Å². The van der Waals surface area contributed by atoms with Crippen molar-refractivity contribution in [1.82, 2.24) is 0 Å². The molecule has 4 heteroatoms. The molecule has 0 aliphatic heterocycles. The number of ether oxygens (including phenoxy) is 2. The lowest BCUT2D eigenvalue weighted by Gasteiger charge is -2.13. The molecule has 20 heavy (non-hydrogen) atoms. The van der Waals surface area contributed by atoms with Gasteiger partial charge in [-0.15, -0.1) is 0 Å². The molecule has 4 nitrogen and oxygen atoms in total. The zero-order valence-electron chi connectivity index (χ0n) is 11.5. The number of aliphatic hydroxyl groups is 1. The van der Waals surface area contributed by atoms with Crippen molar-refractivity contribution in [3.63, 3.8) is 0 Å². The average molecular weight is 273 g/mol. The molecule has 0 radical (unpaired) electrons. The van der Waals surface area contributed by atoms with Gasteiger partial charge in [0.1, 0.15) is 6.61 Å². The van der Waals surface area contributed by atoms with E-state index in [2.05, 4.69) is 17.4 Å². The predicted octanol–water partition coefficient (Wildman–Crippen LogP) is 2.68. The van der Waals surface area contributed by atoms with Gasteiger partial charge in [-0.3, -0.25) is 0 Å². The number of anilines is 1. The molecule has 0 unspecified atom stereocenters. The first-order chi connectivity index (χ1) is 9.83. The second-order valence-electron chi connectivity index (χ2n) is 4.28. The summed E-state index contributed by atoms with van der Waals surface area (Å²) in [5.41, 5.74) is 2.16. The molecule has 0 saturated heterocycles. The van der Waals surface area contributed by atoms with Gasteiger partial charge in [0.2, 0.25) is 0 Å². The molecular weight excluding hydrogens is 254 g/mol. The van der Waals surface area contributed by atoms with E-state index in [0.29, 0.717) is 11.5 Å². The molecule has 0 aliphatic rings. The van der Waals surface area contributed by atoms with Crippen molar-refractivity contribution in [3.05, 3.63) is 54.1 Å². The molecule has 0 bridgehead atoms. The van der Waals surface area contributed by atoms with Crippen molar-refractivity contribution in [2.24, 2.45) is 0 Å². The lowest BCUT2D eigenvalue weighted by Crippen LogP contribution is -2.04. The largest absolute Gasteiger partial charge is 0.493 e. The van der Waals surface area contributed by atoms with Crippen LogP contribution < -0.4 is 14.8 Å². The van der Waals surface area contributed by atoms with Crippen LogP contribution in [0.5, 0.6) is 11.5 Å². The highest BCUT2D eigenvalue weighted by Crippen LogP contribution is 2.30. The van der Waals surface area contributed by atoms with Gasteiger partial charge in [-0.25, -0.2) is 0 Å². The third kappa shape index (κ3) is 3.90. The van der Waals surface area contributed by atoms with E-state index in [-0.39, 0.29) is 13.2 Å². The second kappa shape index (κ2) is 7.40. The number of aliphatic hydroxyl groups excluding tert-OH is 1. The normalized spacial score (nSPS) is 10.1. The van der Waals surface area contributed by atoms with Crippen molar-refractivity contribution >= 4 is 5.69 Å². The second-order valence-corrected chi connectivity index (χ2v) is 4.28. The van der Waals surface area contributed by atoms with Crippen LogP contribution in [0, 0.1) is 0 Å². The Bertz CT molecular complexity index is 529. The summed E-state index contributed by atoms with van der Waals surface area (Å²) in [5, 5.41) is 12.2. The van der Waals surface area contributed by atoms with Crippen LogP contribution in [0.1, 0.15) is 5.56 Å². The number of benzene rings is 2. The number of rotatable bonds is 7. The summed E-state index contributed by atoms with van der Waals surface area (Å²) < 4.78 is 10.7.